The van der Waals surface area contributed by atoms with Crippen LogP contribution in [0.4, 0.5) is 0 Å². The first kappa shape index (κ1) is 15.2. The van der Waals surface area contributed by atoms with Crippen LogP contribution in [-0.2, 0) is 13.1 Å². The molecule has 1 aliphatic rings. The van der Waals surface area contributed by atoms with Gasteiger partial charge in [0.2, 0.25) is 0 Å². The first-order valence-electron chi connectivity index (χ1n) is 8.66. The zero-order valence-corrected chi connectivity index (χ0v) is 13.8. The number of phenolic OH excluding ortho intramolecular Hbond substituents is 1. The van der Waals surface area contributed by atoms with Crippen LogP contribution in [0, 0.1) is 5.92 Å². The lowest BCUT2D eigenvalue weighted by Gasteiger charge is -2.33. The third-order valence-electron chi connectivity index (χ3n) is 4.93. The van der Waals surface area contributed by atoms with Gasteiger partial charge in [0.05, 0.1) is 6.33 Å². The molecule has 4 nitrogen and oxygen atoms in total. The van der Waals surface area contributed by atoms with Crippen molar-refractivity contribution in [2.75, 3.05) is 13.1 Å². The van der Waals surface area contributed by atoms with Crippen molar-refractivity contribution in [2.45, 2.75) is 25.9 Å². The normalized spacial score (nSPS) is 18.9. The van der Waals surface area contributed by atoms with E-state index >= 15 is 0 Å². The first-order chi connectivity index (χ1) is 11.8. The van der Waals surface area contributed by atoms with Crippen LogP contribution in [0.2, 0.25) is 0 Å². The van der Waals surface area contributed by atoms with Crippen molar-refractivity contribution in [3.63, 3.8) is 0 Å². The van der Waals surface area contributed by atoms with Gasteiger partial charge in [0.15, 0.2) is 0 Å². The minimum absolute atomic E-state index is 0.327. The second kappa shape index (κ2) is 6.65. The summed E-state index contributed by atoms with van der Waals surface area (Å²) in [5, 5.41) is 11.9. The molecule has 1 aromatic heterocycles. The van der Waals surface area contributed by atoms with Gasteiger partial charge in [-0.1, -0.05) is 18.2 Å². The van der Waals surface area contributed by atoms with E-state index in [1.807, 2.05) is 24.7 Å². The minimum Gasteiger partial charge on any atom is -0.508 e. The molecule has 0 spiro atoms. The Morgan fingerprint density at radius 1 is 1.12 bits per heavy atom. The number of rotatable bonds is 4. The van der Waals surface area contributed by atoms with E-state index in [0.717, 1.165) is 25.0 Å². The van der Waals surface area contributed by atoms with Crippen molar-refractivity contribution in [3.8, 4) is 5.75 Å². The fourth-order valence-electron chi connectivity index (χ4n) is 3.78. The maximum atomic E-state index is 9.58. The molecule has 0 bridgehead atoms. The molecule has 0 amide bonds. The average molecular weight is 321 g/mol. The number of aromatic nitrogens is 2. The second-order valence-electron chi connectivity index (χ2n) is 6.87. The summed E-state index contributed by atoms with van der Waals surface area (Å²) in [5.74, 6) is 1.03. The minimum atomic E-state index is 0.327. The van der Waals surface area contributed by atoms with Crippen molar-refractivity contribution in [2.24, 2.45) is 5.92 Å². The number of benzene rings is 2. The Labute approximate surface area is 142 Å². The highest BCUT2D eigenvalue weighted by atomic mass is 16.3. The highest BCUT2D eigenvalue weighted by molar-refractivity contribution is 5.84. The molecule has 4 rings (SSSR count). The van der Waals surface area contributed by atoms with Crippen molar-refractivity contribution in [1.29, 1.82) is 0 Å². The van der Waals surface area contributed by atoms with Crippen LogP contribution >= 0.6 is 0 Å². The van der Waals surface area contributed by atoms with Crippen LogP contribution in [0.5, 0.6) is 5.75 Å². The van der Waals surface area contributed by atoms with Crippen LogP contribution in [0.25, 0.3) is 10.8 Å². The van der Waals surface area contributed by atoms with Gasteiger partial charge in [-0.15, -0.1) is 0 Å². The maximum Gasteiger partial charge on any atom is 0.116 e. The largest absolute Gasteiger partial charge is 0.508 e. The number of hydrogen-bond acceptors (Lipinski definition) is 3. The van der Waals surface area contributed by atoms with Gasteiger partial charge in [-0.25, -0.2) is 4.98 Å². The number of hydrogen-bond donors (Lipinski definition) is 1. The fourth-order valence-corrected chi connectivity index (χ4v) is 3.78. The zero-order valence-electron chi connectivity index (χ0n) is 13.8. The van der Waals surface area contributed by atoms with E-state index in [1.54, 1.807) is 6.07 Å². The molecule has 1 N–H and O–H groups in total. The molecule has 1 aliphatic heterocycles. The summed E-state index contributed by atoms with van der Waals surface area (Å²) in [4.78, 5) is 6.70. The Morgan fingerprint density at radius 3 is 2.88 bits per heavy atom. The summed E-state index contributed by atoms with van der Waals surface area (Å²) in [6, 6.07) is 12.1. The standard InChI is InChI=1S/C20H23N3O/c24-20-6-5-18-10-16(3-4-19(18)11-20)12-22-8-1-2-17(13-22)14-23-9-7-21-15-23/h3-7,9-11,15,17,24H,1-2,8,12-14H2. The number of phenols is 1. The molecule has 3 aromatic rings. The molecule has 0 radical (unpaired) electrons. The Balaban J connectivity index is 1.43. The second-order valence-corrected chi connectivity index (χ2v) is 6.87. The molecule has 1 saturated heterocycles. The van der Waals surface area contributed by atoms with Crippen molar-refractivity contribution in [3.05, 3.63) is 60.7 Å². The highest BCUT2D eigenvalue weighted by Crippen LogP contribution is 2.24. The van der Waals surface area contributed by atoms with Crippen LogP contribution in [0.15, 0.2) is 55.1 Å². The first-order valence-corrected chi connectivity index (χ1v) is 8.66. The molecule has 2 heterocycles. The number of fused-ring (bicyclic) bond motifs is 1. The van der Waals surface area contributed by atoms with Gasteiger partial charge in [0.25, 0.3) is 0 Å². The van der Waals surface area contributed by atoms with E-state index in [9.17, 15) is 5.11 Å². The molecule has 1 fully saturated rings. The number of imidazole rings is 1. The molecule has 2 aromatic carbocycles. The van der Waals surface area contributed by atoms with Gasteiger partial charge in [-0.2, -0.15) is 0 Å². The van der Waals surface area contributed by atoms with E-state index in [-0.39, 0.29) is 0 Å². The van der Waals surface area contributed by atoms with Crippen LogP contribution in [0.1, 0.15) is 18.4 Å². The monoisotopic (exact) mass is 321 g/mol. The lowest BCUT2D eigenvalue weighted by atomic mass is 9.97. The number of aromatic hydroxyl groups is 1. The smallest absolute Gasteiger partial charge is 0.116 e. The zero-order chi connectivity index (χ0) is 16.4. The molecule has 4 heteroatoms. The molecule has 0 aliphatic carbocycles. The molecule has 1 unspecified atom stereocenters. The van der Waals surface area contributed by atoms with Crippen LogP contribution in [0.3, 0.4) is 0 Å². The third kappa shape index (κ3) is 3.44. The highest BCUT2D eigenvalue weighted by Gasteiger charge is 2.20. The summed E-state index contributed by atoms with van der Waals surface area (Å²) in [7, 11) is 0. The molecule has 24 heavy (non-hydrogen) atoms. The van der Waals surface area contributed by atoms with E-state index < -0.39 is 0 Å². The van der Waals surface area contributed by atoms with Crippen molar-refractivity contribution < 1.29 is 5.11 Å². The number of nitrogens with zero attached hydrogens (tertiary/aromatic N) is 3. The quantitative estimate of drug-likeness (QED) is 0.797. The predicted molar refractivity (Wildman–Crippen MR) is 95.8 cm³/mol. The molecule has 0 saturated carbocycles. The van der Waals surface area contributed by atoms with Gasteiger partial charge >= 0.3 is 0 Å². The lowest BCUT2D eigenvalue weighted by molar-refractivity contribution is 0.156. The molecule has 1 atom stereocenters. The summed E-state index contributed by atoms with van der Waals surface area (Å²) in [5.41, 5.74) is 1.34. The SMILES string of the molecule is Oc1ccc2cc(CN3CCCC(Cn4ccnc4)C3)ccc2c1. The van der Waals surface area contributed by atoms with E-state index in [1.165, 1.54) is 30.3 Å². The topological polar surface area (TPSA) is 41.3 Å². The van der Waals surface area contributed by atoms with Gasteiger partial charge in [0, 0.05) is 32.0 Å². The fraction of sp³-hybridized carbons (Fsp3) is 0.350. The molecular formula is C20H23N3O. The van der Waals surface area contributed by atoms with Crippen LogP contribution in [-0.4, -0.2) is 32.6 Å². The van der Waals surface area contributed by atoms with Crippen LogP contribution < -0.4 is 0 Å². The molecule has 124 valence electrons. The number of likely N-dealkylation sites (tertiary alicyclic amines) is 1. The van der Waals surface area contributed by atoms with Gasteiger partial charge < -0.3 is 9.67 Å². The Bertz CT molecular complexity index is 813. The third-order valence-corrected chi connectivity index (χ3v) is 4.93. The van der Waals surface area contributed by atoms with E-state index in [2.05, 4.69) is 38.8 Å². The Hall–Kier alpha value is -2.33. The van der Waals surface area contributed by atoms with Crippen molar-refractivity contribution >= 4 is 10.8 Å². The summed E-state index contributed by atoms with van der Waals surface area (Å²) >= 11 is 0. The Morgan fingerprint density at radius 2 is 2.00 bits per heavy atom. The maximum absolute atomic E-state index is 9.58. The number of piperidine rings is 1. The van der Waals surface area contributed by atoms with Gasteiger partial charge in [0.1, 0.15) is 5.75 Å². The lowest BCUT2D eigenvalue weighted by Crippen LogP contribution is -2.36. The molecular weight excluding hydrogens is 298 g/mol. The van der Waals surface area contributed by atoms with Gasteiger partial charge in [-0.05, 0) is 59.8 Å². The van der Waals surface area contributed by atoms with E-state index in [4.69, 9.17) is 0 Å². The predicted octanol–water partition coefficient (Wildman–Crippen LogP) is 3.65. The average Bonchev–Trinajstić information content (AvgIpc) is 3.08. The van der Waals surface area contributed by atoms with Crippen molar-refractivity contribution in [1.82, 2.24) is 14.5 Å². The van der Waals surface area contributed by atoms with E-state index in [0.29, 0.717) is 11.7 Å². The summed E-state index contributed by atoms with van der Waals surface area (Å²) < 4.78 is 2.19. The summed E-state index contributed by atoms with van der Waals surface area (Å²) in [6.07, 6.45) is 8.38. The Kier molecular flexibility index (Phi) is 4.22. The van der Waals surface area contributed by atoms with Gasteiger partial charge in [-0.3, -0.25) is 4.90 Å². The summed E-state index contributed by atoms with van der Waals surface area (Å²) in [6.45, 7) is 4.38.